The quantitative estimate of drug-likeness (QED) is 0.654. The summed E-state index contributed by atoms with van der Waals surface area (Å²) in [5, 5.41) is 0. The molecule has 0 aliphatic rings. The molecule has 0 spiro atoms. The normalized spacial score (nSPS) is 11.0. The third-order valence-corrected chi connectivity index (χ3v) is 3.35. The van der Waals surface area contributed by atoms with E-state index in [9.17, 15) is 0 Å². The maximum Gasteiger partial charge on any atom is 0.251 e. The van der Waals surface area contributed by atoms with E-state index < -0.39 is 0 Å². The number of aryl methyl sites for hydroxylation is 1. The molecule has 0 radical (unpaired) electrons. The first-order valence-electron chi connectivity index (χ1n) is 6.81. The number of benzene rings is 1. The maximum absolute atomic E-state index is 4.44. The van der Waals surface area contributed by atoms with Crippen molar-refractivity contribution < 1.29 is 4.57 Å². The Morgan fingerprint density at radius 3 is 2.74 bits per heavy atom. The van der Waals surface area contributed by atoms with E-state index in [4.69, 9.17) is 0 Å². The zero-order chi connectivity index (χ0) is 13.1. The molecule has 3 heteroatoms. The lowest BCUT2D eigenvalue weighted by molar-refractivity contribution is -0.672. The molecule has 0 N–H and O–H groups in total. The van der Waals surface area contributed by atoms with Crippen molar-refractivity contribution in [2.45, 2.75) is 26.3 Å². The lowest BCUT2D eigenvalue weighted by Crippen LogP contribution is -2.32. The Morgan fingerprint density at radius 2 is 1.95 bits per heavy atom. The van der Waals surface area contributed by atoms with E-state index in [1.54, 1.807) is 0 Å². The van der Waals surface area contributed by atoms with Crippen molar-refractivity contribution in [2.75, 3.05) is 0 Å². The largest absolute Gasteiger partial charge is 0.251 e. The van der Waals surface area contributed by atoms with Gasteiger partial charge in [-0.2, -0.15) is 4.57 Å². The fraction of sp³-hybridized carbons (Fsp3) is 0.250. The molecule has 2 aromatic heterocycles. The van der Waals surface area contributed by atoms with E-state index in [1.165, 1.54) is 23.9 Å². The Balaban J connectivity index is 2.15. The maximum atomic E-state index is 4.44. The van der Waals surface area contributed by atoms with Crippen LogP contribution in [0.5, 0.6) is 0 Å². The molecule has 3 rings (SSSR count). The number of imidazole rings is 1. The van der Waals surface area contributed by atoms with E-state index in [2.05, 4.69) is 51.6 Å². The smallest absolute Gasteiger partial charge is 0.229 e. The predicted octanol–water partition coefficient (Wildman–Crippen LogP) is 3.11. The van der Waals surface area contributed by atoms with Gasteiger partial charge in [0, 0.05) is 12.3 Å². The number of nitrogens with zero attached hydrogens (tertiary/aromatic N) is 3. The van der Waals surface area contributed by atoms with Gasteiger partial charge in [0.2, 0.25) is 5.82 Å². The molecule has 3 aromatic rings. The number of hydrogen-bond donors (Lipinski definition) is 0. The van der Waals surface area contributed by atoms with E-state index in [-0.39, 0.29) is 0 Å². The molecule has 96 valence electrons. The molecule has 0 fully saturated rings. The minimum Gasteiger partial charge on any atom is -0.229 e. The van der Waals surface area contributed by atoms with Crippen LogP contribution in [0.3, 0.4) is 0 Å². The van der Waals surface area contributed by atoms with Gasteiger partial charge in [-0.1, -0.05) is 31.5 Å². The van der Waals surface area contributed by atoms with Crippen LogP contribution in [0.25, 0.3) is 16.9 Å². The second-order valence-electron chi connectivity index (χ2n) is 4.71. The summed E-state index contributed by atoms with van der Waals surface area (Å²) in [5.41, 5.74) is 2.47. The Bertz CT molecular complexity index is 671. The average molecular weight is 252 g/mol. The second kappa shape index (κ2) is 5.22. The topological polar surface area (TPSA) is 21.7 Å². The third kappa shape index (κ3) is 2.24. The summed E-state index contributed by atoms with van der Waals surface area (Å²) in [6, 6.07) is 14.5. The van der Waals surface area contributed by atoms with Crippen LogP contribution in [-0.2, 0) is 6.54 Å². The number of pyridine rings is 1. The highest BCUT2D eigenvalue weighted by Gasteiger charge is 2.16. The van der Waals surface area contributed by atoms with Crippen molar-refractivity contribution in [1.29, 1.82) is 0 Å². The number of hydrogen-bond acceptors (Lipinski definition) is 1. The van der Waals surface area contributed by atoms with Gasteiger partial charge in [-0.05, 0) is 24.6 Å². The molecule has 2 heterocycles. The number of rotatable bonds is 4. The van der Waals surface area contributed by atoms with Crippen molar-refractivity contribution in [2.24, 2.45) is 0 Å². The third-order valence-electron chi connectivity index (χ3n) is 3.35. The molecule has 0 amide bonds. The number of para-hydroxylation sites is 2. The lowest BCUT2D eigenvalue weighted by atomic mass is 10.3. The summed E-state index contributed by atoms with van der Waals surface area (Å²) in [4.78, 5) is 4.44. The highest BCUT2D eigenvalue weighted by Crippen LogP contribution is 2.15. The van der Waals surface area contributed by atoms with Gasteiger partial charge in [0.05, 0.1) is 6.54 Å². The molecule has 0 aliphatic carbocycles. The summed E-state index contributed by atoms with van der Waals surface area (Å²) < 4.78 is 4.47. The van der Waals surface area contributed by atoms with Gasteiger partial charge >= 0.3 is 0 Å². The summed E-state index contributed by atoms with van der Waals surface area (Å²) >= 11 is 0. The van der Waals surface area contributed by atoms with Gasteiger partial charge in [-0.25, -0.2) is 9.55 Å². The van der Waals surface area contributed by atoms with Crippen LogP contribution in [0.1, 0.15) is 19.8 Å². The monoisotopic (exact) mass is 252 g/mol. The SMILES string of the molecule is CCCC[n+]1cn(-c2ccccn2)c2ccccc21. The van der Waals surface area contributed by atoms with Gasteiger partial charge in [0.15, 0.2) is 11.0 Å². The predicted molar refractivity (Wildman–Crippen MR) is 76.2 cm³/mol. The summed E-state index contributed by atoms with van der Waals surface area (Å²) in [5.74, 6) is 0.967. The standard InChI is InChI=1S/C16H18N3/c1-2-3-12-18-13-19(16-10-6-7-11-17-16)15-9-5-4-8-14(15)18/h4-11,13H,2-3,12H2,1H3/q+1. The zero-order valence-electron chi connectivity index (χ0n) is 11.2. The summed E-state index contributed by atoms with van der Waals surface area (Å²) in [6.45, 7) is 3.27. The number of unbranched alkanes of at least 4 members (excludes halogenated alkanes) is 1. The van der Waals surface area contributed by atoms with Crippen molar-refractivity contribution in [1.82, 2.24) is 9.55 Å². The molecule has 1 aromatic carbocycles. The highest BCUT2D eigenvalue weighted by atomic mass is 15.2. The molecule has 0 aliphatic heterocycles. The highest BCUT2D eigenvalue weighted by molar-refractivity contribution is 5.73. The van der Waals surface area contributed by atoms with Gasteiger partial charge in [0.1, 0.15) is 0 Å². The molecule has 0 unspecified atom stereocenters. The lowest BCUT2D eigenvalue weighted by Gasteiger charge is -1.94. The molecule has 0 atom stereocenters. The Kier molecular flexibility index (Phi) is 3.27. The molecule has 0 saturated heterocycles. The van der Waals surface area contributed by atoms with Crippen molar-refractivity contribution in [3.63, 3.8) is 0 Å². The van der Waals surface area contributed by atoms with Crippen LogP contribution >= 0.6 is 0 Å². The van der Waals surface area contributed by atoms with E-state index in [0.717, 1.165) is 12.4 Å². The van der Waals surface area contributed by atoms with Crippen LogP contribution in [0.4, 0.5) is 0 Å². The first-order chi connectivity index (χ1) is 9.40. The molecule has 3 nitrogen and oxygen atoms in total. The molecule has 0 bridgehead atoms. The molecular weight excluding hydrogens is 234 g/mol. The Labute approximate surface area is 113 Å². The first-order valence-corrected chi connectivity index (χ1v) is 6.81. The van der Waals surface area contributed by atoms with Crippen molar-refractivity contribution in [3.8, 4) is 5.82 Å². The van der Waals surface area contributed by atoms with E-state index in [0.29, 0.717) is 0 Å². The van der Waals surface area contributed by atoms with Gasteiger partial charge < -0.3 is 0 Å². The van der Waals surface area contributed by atoms with Crippen molar-refractivity contribution >= 4 is 11.0 Å². The number of aromatic nitrogens is 3. The minimum absolute atomic E-state index is 0.967. The van der Waals surface area contributed by atoms with Gasteiger partial charge in [0.25, 0.3) is 6.33 Å². The summed E-state index contributed by atoms with van der Waals surface area (Å²) in [6.07, 6.45) is 6.39. The fourth-order valence-electron chi connectivity index (χ4n) is 2.36. The van der Waals surface area contributed by atoms with E-state index in [1.807, 2.05) is 24.4 Å². The van der Waals surface area contributed by atoms with Crippen molar-refractivity contribution in [3.05, 3.63) is 55.0 Å². The minimum atomic E-state index is 0.967. The zero-order valence-corrected chi connectivity index (χ0v) is 11.2. The Morgan fingerprint density at radius 1 is 1.11 bits per heavy atom. The molecule has 0 saturated carbocycles. The van der Waals surface area contributed by atoms with Crippen LogP contribution in [0.15, 0.2) is 55.0 Å². The number of fused-ring (bicyclic) bond motifs is 1. The van der Waals surface area contributed by atoms with Crippen LogP contribution < -0.4 is 4.57 Å². The van der Waals surface area contributed by atoms with Crippen LogP contribution in [0.2, 0.25) is 0 Å². The first kappa shape index (κ1) is 11.9. The molecule has 19 heavy (non-hydrogen) atoms. The molecular formula is C16H18N3+. The van der Waals surface area contributed by atoms with E-state index >= 15 is 0 Å². The fourth-order valence-corrected chi connectivity index (χ4v) is 2.36. The Hall–Kier alpha value is -2.16. The van der Waals surface area contributed by atoms with Gasteiger partial charge in [-0.15, -0.1) is 0 Å². The second-order valence-corrected chi connectivity index (χ2v) is 4.71. The van der Waals surface area contributed by atoms with Crippen LogP contribution in [-0.4, -0.2) is 9.55 Å². The summed E-state index contributed by atoms with van der Waals surface area (Å²) in [7, 11) is 0. The van der Waals surface area contributed by atoms with Gasteiger partial charge in [-0.3, -0.25) is 0 Å². The average Bonchev–Trinajstić information content (AvgIpc) is 2.85. The van der Waals surface area contributed by atoms with Crippen LogP contribution in [0, 0.1) is 0 Å².